The molecular formula is C11H14N6O2. The number of aryl methyl sites for hydroxylation is 1. The van der Waals surface area contributed by atoms with E-state index in [0.717, 1.165) is 18.4 Å². The lowest BCUT2D eigenvalue weighted by atomic mass is 10.2. The molecule has 0 saturated heterocycles. The number of hydrogen-bond donors (Lipinski definition) is 1. The van der Waals surface area contributed by atoms with Crippen LogP contribution in [0.25, 0.3) is 11.4 Å². The molecule has 0 saturated carbocycles. The molecule has 0 spiro atoms. The topological polar surface area (TPSA) is 113 Å². The van der Waals surface area contributed by atoms with E-state index >= 15 is 0 Å². The van der Waals surface area contributed by atoms with Gasteiger partial charge in [0.25, 0.3) is 5.69 Å². The van der Waals surface area contributed by atoms with Crippen LogP contribution in [-0.2, 0) is 6.54 Å². The third-order valence-corrected chi connectivity index (χ3v) is 2.69. The second kappa shape index (κ2) is 6.01. The summed E-state index contributed by atoms with van der Waals surface area (Å²) in [5, 5.41) is 22.1. The molecule has 8 nitrogen and oxygen atoms in total. The van der Waals surface area contributed by atoms with Gasteiger partial charge in [-0.25, -0.2) is 4.68 Å². The number of aromatic nitrogens is 4. The number of tetrazole rings is 1. The van der Waals surface area contributed by atoms with Gasteiger partial charge in [-0.15, -0.1) is 5.10 Å². The first-order valence-electron chi connectivity index (χ1n) is 5.93. The fraction of sp³-hybridized carbons (Fsp3) is 0.364. The second-order valence-electron chi connectivity index (χ2n) is 4.03. The highest BCUT2D eigenvalue weighted by molar-refractivity contribution is 5.56. The molecule has 8 heteroatoms. The molecule has 2 aromatic rings. The van der Waals surface area contributed by atoms with Gasteiger partial charge < -0.3 is 5.73 Å². The van der Waals surface area contributed by atoms with Crippen molar-refractivity contribution in [1.29, 1.82) is 0 Å². The van der Waals surface area contributed by atoms with E-state index in [4.69, 9.17) is 5.73 Å². The second-order valence-corrected chi connectivity index (χ2v) is 4.03. The van der Waals surface area contributed by atoms with Crippen LogP contribution in [-0.4, -0.2) is 31.7 Å². The molecular weight excluding hydrogens is 248 g/mol. The molecule has 0 radical (unpaired) electrons. The van der Waals surface area contributed by atoms with Crippen LogP contribution >= 0.6 is 0 Å². The third kappa shape index (κ3) is 3.10. The molecule has 2 N–H and O–H groups in total. The van der Waals surface area contributed by atoms with Crippen LogP contribution < -0.4 is 5.73 Å². The Bertz CT molecular complexity index is 551. The molecule has 0 fully saturated rings. The summed E-state index contributed by atoms with van der Waals surface area (Å²) in [5.41, 5.74) is 6.24. The number of nitrogens with two attached hydrogens (primary N) is 1. The van der Waals surface area contributed by atoms with E-state index in [0.29, 0.717) is 18.9 Å². The third-order valence-electron chi connectivity index (χ3n) is 2.69. The fourth-order valence-corrected chi connectivity index (χ4v) is 1.70. The lowest BCUT2D eigenvalue weighted by Gasteiger charge is -2.03. The Hall–Kier alpha value is -2.35. The first kappa shape index (κ1) is 13.1. The monoisotopic (exact) mass is 262 g/mol. The minimum absolute atomic E-state index is 0.0471. The highest BCUT2D eigenvalue weighted by Gasteiger charge is 2.10. The van der Waals surface area contributed by atoms with Crippen molar-refractivity contribution in [2.24, 2.45) is 5.73 Å². The molecule has 1 aromatic heterocycles. The van der Waals surface area contributed by atoms with Crippen LogP contribution in [0.2, 0.25) is 0 Å². The van der Waals surface area contributed by atoms with Crippen molar-refractivity contribution in [1.82, 2.24) is 20.2 Å². The Morgan fingerprint density at radius 3 is 2.63 bits per heavy atom. The average Bonchev–Trinajstić information content (AvgIpc) is 2.87. The number of nitro groups is 1. The molecule has 2 rings (SSSR count). The Morgan fingerprint density at radius 2 is 2.00 bits per heavy atom. The molecule has 0 aliphatic rings. The van der Waals surface area contributed by atoms with Crippen LogP contribution in [0.4, 0.5) is 5.69 Å². The van der Waals surface area contributed by atoms with E-state index in [9.17, 15) is 10.1 Å². The zero-order valence-electron chi connectivity index (χ0n) is 10.3. The lowest BCUT2D eigenvalue weighted by molar-refractivity contribution is -0.384. The van der Waals surface area contributed by atoms with Crippen LogP contribution in [0.15, 0.2) is 24.3 Å². The standard InChI is InChI=1S/C11H14N6O2/c12-7-1-2-8-16-11(13-14-15-16)9-3-5-10(6-4-9)17(18)19/h3-6H,1-2,7-8,12H2. The number of nitrogens with zero attached hydrogens (tertiary/aromatic N) is 5. The zero-order chi connectivity index (χ0) is 13.7. The molecule has 0 aliphatic heterocycles. The van der Waals surface area contributed by atoms with E-state index in [-0.39, 0.29) is 5.69 Å². The van der Waals surface area contributed by atoms with Crippen LogP contribution in [0.5, 0.6) is 0 Å². The van der Waals surface area contributed by atoms with Gasteiger partial charge in [0.05, 0.1) is 4.92 Å². The Morgan fingerprint density at radius 1 is 1.26 bits per heavy atom. The Balaban J connectivity index is 2.17. The van der Waals surface area contributed by atoms with Gasteiger partial charge in [-0.1, -0.05) is 0 Å². The smallest absolute Gasteiger partial charge is 0.269 e. The number of non-ortho nitro benzene ring substituents is 1. The van der Waals surface area contributed by atoms with Gasteiger partial charge >= 0.3 is 0 Å². The van der Waals surface area contributed by atoms with Crippen LogP contribution in [0.3, 0.4) is 0 Å². The molecule has 0 atom stereocenters. The fourth-order valence-electron chi connectivity index (χ4n) is 1.70. The summed E-state index contributed by atoms with van der Waals surface area (Å²) in [6.45, 7) is 1.31. The van der Waals surface area contributed by atoms with Crippen LogP contribution in [0, 0.1) is 10.1 Å². The van der Waals surface area contributed by atoms with Crippen molar-refractivity contribution < 1.29 is 4.92 Å². The van der Waals surface area contributed by atoms with Crippen molar-refractivity contribution in [2.75, 3.05) is 6.54 Å². The van der Waals surface area contributed by atoms with E-state index in [1.54, 1.807) is 16.8 Å². The minimum Gasteiger partial charge on any atom is -0.330 e. The number of hydrogen-bond acceptors (Lipinski definition) is 6. The van der Waals surface area contributed by atoms with Gasteiger partial charge in [-0.3, -0.25) is 10.1 Å². The maximum absolute atomic E-state index is 10.6. The molecule has 1 aromatic carbocycles. The van der Waals surface area contributed by atoms with Crippen molar-refractivity contribution >= 4 is 5.69 Å². The van der Waals surface area contributed by atoms with Gasteiger partial charge in [-0.05, 0) is 41.9 Å². The van der Waals surface area contributed by atoms with E-state index in [2.05, 4.69) is 15.5 Å². The molecule has 19 heavy (non-hydrogen) atoms. The summed E-state index contributed by atoms with van der Waals surface area (Å²) in [5.74, 6) is 0.604. The maximum atomic E-state index is 10.6. The predicted molar refractivity (Wildman–Crippen MR) is 68.2 cm³/mol. The number of benzene rings is 1. The number of rotatable bonds is 6. The van der Waals surface area contributed by atoms with Gasteiger partial charge in [0.15, 0.2) is 5.82 Å². The lowest BCUT2D eigenvalue weighted by Crippen LogP contribution is -2.06. The summed E-state index contributed by atoms with van der Waals surface area (Å²) in [6, 6.07) is 6.16. The van der Waals surface area contributed by atoms with Gasteiger partial charge in [-0.2, -0.15) is 0 Å². The van der Waals surface area contributed by atoms with Gasteiger partial charge in [0.2, 0.25) is 0 Å². The average molecular weight is 262 g/mol. The zero-order valence-corrected chi connectivity index (χ0v) is 10.3. The van der Waals surface area contributed by atoms with Crippen LogP contribution in [0.1, 0.15) is 12.8 Å². The normalized spacial score (nSPS) is 10.6. The predicted octanol–water partition coefficient (Wildman–Crippen LogP) is 0.987. The van der Waals surface area contributed by atoms with E-state index in [1.807, 2.05) is 0 Å². The summed E-state index contributed by atoms with van der Waals surface area (Å²) in [4.78, 5) is 10.2. The number of nitro benzene ring substituents is 1. The first-order valence-corrected chi connectivity index (χ1v) is 5.93. The molecule has 100 valence electrons. The molecule has 0 unspecified atom stereocenters. The van der Waals surface area contributed by atoms with E-state index in [1.165, 1.54) is 12.1 Å². The number of unbranched alkanes of at least 4 members (excludes halogenated alkanes) is 1. The van der Waals surface area contributed by atoms with Gasteiger partial charge in [0, 0.05) is 24.2 Å². The maximum Gasteiger partial charge on any atom is 0.269 e. The van der Waals surface area contributed by atoms with Gasteiger partial charge in [0.1, 0.15) is 0 Å². The highest BCUT2D eigenvalue weighted by Crippen LogP contribution is 2.20. The molecule has 1 heterocycles. The SMILES string of the molecule is NCCCCn1nnnc1-c1ccc([N+](=O)[O-])cc1. The highest BCUT2D eigenvalue weighted by atomic mass is 16.6. The summed E-state index contributed by atoms with van der Waals surface area (Å²) in [6.07, 6.45) is 1.79. The van der Waals surface area contributed by atoms with E-state index < -0.39 is 4.92 Å². The summed E-state index contributed by atoms with van der Waals surface area (Å²) >= 11 is 0. The first-order chi connectivity index (χ1) is 9.22. The largest absolute Gasteiger partial charge is 0.330 e. The molecule has 0 aliphatic carbocycles. The Labute approximate surface area is 109 Å². The summed E-state index contributed by atoms with van der Waals surface area (Å²) in [7, 11) is 0. The molecule has 0 bridgehead atoms. The Kier molecular flexibility index (Phi) is 4.14. The van der Waals surface area contributed by atoms with Crippen molar-refractivity contribution in [3.8, 4) is 11.4 Å². The quantitative estimate of drug-likeness (QED) is 0.471. The minimum atomic E-state index is -0.437. The molecule has 0 amide bonds. The summed E-state index contributed by atoms with van der Waals surface area (Å²) < 4.78 is 1.68. The van der Waals surface area contributed by atoms with Crippen molar-refractivity contribution in [3.63, 3.8) is 0 Å². The van der Waals surface area contributed by atoms with Crippen molar-refractivity contribution in [2.45, 2.75) is 19.4 Å². The van der Waals surface area contributed by atoms with Crippen molar-refractivity contribution in [3.05, 3.63) is 34.4 Å².